The molecule has 17 nitrogen and oxygen atoms in total. The van der Waals surface area contributed by atoms with E-state index in [0.29, 0.717) is 24.8 Å². The van der Waals surface area contributed by atoms with Gasteiger partial charge in [0.15, 0.2) is 24.4 Å². The van der Waals surface area contributed by atoms with Crippen LogP contribution in [-0.4, -0.2) is 144 Å². The molecule has 1 saturated heterocycles. The number of ether oxygens (including phenoxy) is 4. The molecule has 1 aliphatic heterocycles. The van der Waals surface area contributed by atoms with Crippen molar-refractivity contribution in [2.24, 2.45) is 17.8 Å². The molecule has 3 rings (SSSR count). The summed E-state index contributed by atoms with van der Waals surface area (Å²) in [5.74, 6) is -7.09. The first-order valence-corrected chi connectivity index (χ1v) is 23.7. The Balaban J connectivity index is 1.89. The number of amides is 3. The van der Waals surface area contributed by atoms with E-state index in [-0.39, 0.29) is 56.4 Å². The van der Waals surface area contributed by atoms with Crippen LogP contribution in [0.3, 0.4) is 0 Å². The molecular weight excluding hydrogens is 877 g/mol. The van der Waals surface area contributed by atoms with Crippen molar-refractivity contribution in [3.63, 3.8) is 0 Å². The topological polar surface area (TPSA) is 215 Å². The van der Waals surface area contributed by atoms with Crippen LogP contribution in [0.4, 0.5) is 0 Å². The fourth-order valence-corrected chi connectivity index (χ4v) is 8.09. The maximum atomic E-state index is 14.4. The third-order valence-electron chi connectivity index (χ3n) is 12.3. The third-order valence-corrected chi connectivity index (χ3v) is 12.3. The van der Waals surface area contributed by atoms with E-state index in [0.717, 1.165) is 10.5 Å². The molecule has 0 unspecified atom stereocenters. The molecule has 1 fully saturated rings. The van der Waals surface area contributed by atoms with Gasteiger partial charge in [0.2, 0.25) is 0 Å². The standard InChI is InChI=1S/C51H74N4O13/c1-12-33(6)43(52-9)51(64)68-41(29-36-21-15-13-16-22-36)45(57)54(11)39(27-31(2)3)49(62)65-34(7)44(56)53(10)40(28-32(4)5)50(63)67-42(30-37-23-17-14-18-24-37)46(58)55-26-20-19-25-38(55)48(61)66-35(8)47(59)60/h13-18,21-24,31-35,38-43,52H,12,19-20,25-30H2,1-11H3,(H,59,60)/t33-,34+,35+,38-,39-,40-,41+,42+,43-/m0/s1. The van der Waals surface area contributed by atoms with Crippen molar-refractivity contribution in [1.82, 2.24) is 20.0 Å². The van der Waals surface area contributed by atoms with E-state index in [1.807, 2.05) is 47.6 Å². The second kappa shape index (κ2) is 27.2. The van der Waals surface area contributed by atoms with Crippen LogP contribution in [0.5, 0.6) is 0 Å². The molecule has 9 atom stereocenters. The quantitative estimate of drug-likeness (QED) is 0.0990. The van der Waals surface area contributed by atoms with Gasteiger partial charge in [0.05, 0.1) is 0 Å². The van der Waals surface area contributed by atoms with Gasteiger partial charge in [0, 0.05) is 33.5 Å². The number of hydrogen-bond donors (Lipinski definition) is 2. The van der Waals surface area contributed by atoms with Crippen LogP contribution in [0, 0.1) is 17.8 Å². The molecule has 2 aromatic rings. The van der Waals surface area contributed by atoms with Crippen LogP contribution in [0.2, 0.25) is 0 Å². The van der Waals surface area contributed by atoms with Crippen molar-refractivity contribution < 1.29 is 62.4 Å². The highest BCUT2D eigenvalue weighted by molar-refractivity contribution is 5.93. The van der Waals surface area contributed by atoms with Crippen LogP contribution in [-0.2, 0) is 70.1 Å². The first-order valence-electron chi connectivity index (χ1n) is 23.7. The predicted octanol–water partition coefficient (Wildman–Crippen LogP) is 5.00. The Morgan fingerprint density at radius 3 is 1.63 bits per heavy atom. The molecule has 0 spiro atoms. The second-order valence-corrected chi connectivity index (χ2v) is 18.6. The number of rotatable bonds is 25. The van der Waals surface area contributed by atoms with Gasteiger partial charge in [-0.25, -0.2) is 19.2 Å². The fourth-order valence-electron chi connectivity index (χ4n) is 8.09. The summed E-state index contributed by atoms with van der Waals surface area (Å²) in [7, 11) is 4.45. The zero-order chi connectivity index (χ0) is 50.8. The van der Waals surface area contributed by atoms with Gasteiger partial charge in [0.1, 0.15) is 24.2 Å². The van der Waals surface area contributed by atoms with Crippen molar-refractivity contribution in [3.8, 4) is 0 Å². The van der Waals surface area contributed by atoms with Crippen molar-refractivity contribution in [3.05, 3.63) is 71.8 Å². The SMILES string of the molecule is CC[C@H](C)[C@H](NC)C(=O)O[C@H](Cc1ccccc1)C(=O)N(C)[C@@H](CC(C)C)C(=O)O[C@H](C)C(=O)N(C)[C@@H](CC(C)C)C(=O)O[C@H](Cc1ccccc1)C(=O)N1CCCC[C@H]1C(=O)O[C@H](C)C(=O)O. The highest BCUT2D eigenvalue weighted by atomic mass is 16.6. The van der Waals surface area contributed by atoms with Crippen molar-refractivity contribution in [2.75, 3.05) is 27.7 Å². The zero-order valence-electron chi connectivity index (χ0n) is 41.7. The van der Waals surface area contributed by atoms with E-state index in [9.17, 15) is 43.5 Å². The van der Waals surface area contributed by atoms with E-state index >= 15 is 0 Å². The average Bonchev–Trinajstić information content (AvgIpc) is 3.31. The number of likely N-dealkylation sites (N-methyl/N-ethyl adjacent to an activating group) is 3. The molecule has 1 heterocycles. The Morgan fingerprint density at radius 2 is 1.15 bits per heavy atom. The van der Waals surface area contributed by atoms with E-state index < -0.39 is 96.2 Å². The lowest BCUT2D eigenvalue weighted by atomic mass is 9.99. The summed E-state index contributed by atoms with van der Waals surface area (Å²) in [5, 5.41) is 12.3. The number of piperidine rings is 1. The lowest BCUT2D eigenvalue weighted by molar-refractivity contribution is -0.175. The highest BCUT2D eigenvalue weighted by Gasteiger charge is 2.42. The lowest BCUT2D eigenvalue weighted by Crippen LogP contribution is -2.55. The predicted molar refractivity (Wildman–Crippen MR) is 252 cm³/mol. The molecule has 3 amide bonds. The molecular formula is C51H74N4O13. The number of esters is 4. The third kappa shape index (κ3) is 16.4. The average molecular weight is 951 g/mol. The minimum Gasteiger partial charge on any atom is -0.479 e. The number of nitrogens with zero attached hydrogens (tertiary/aromatic N) is 3. The Kier molecular flexibility index (Phi) is 22.6. The maximum absolute atomic E-state index is 14.4. The number of carboxylic acids is 1. The van der Waals surface area contributed by atoms with E-state index in [1.165, 1.54) is 37.7 Å². The number of carboxylic acid groups (broad SMARTS) is 1. The van der Waals surface area contributed by atoms with Gasteiger partial charge < -0.3 is 44.1 Å². The molecule has 0 radical (unpaired) electrons. The molecule has 17 heteroatoms. The van der Waals surface area contributed by atoms with Gasteiger partial charge in [-0.15, -0.1) is 0 Å². The number of benzene rings is 2. The molecule has 376 valence electrons. The monoisotopic (exact) mass is 951 g/mol. The number of hydrogen-bond acceptors (Lipinski definition) is 13. The molecule has 1 aliphatic rings. The zero-order valence-corrected chi connectivity index (χ0v) is 41.7. The van der Waals surface area contributed by atoms with Crippen LogP contribution >= 0.6 is 0 Å². The summed E-state index contributed by atoms with van der Waals surface area (Å²) in [6.07, 6.45) is -3.43. The summed E-state index contributed by atoms with van der Waals surface area (Å²) < 4.78 is 22.9. The summed E-state index contributed by atoms with van der Waals surface area (Å²) in [5.41, 5.74) is 1.38. The van der Waals surface area contributed by atoms with Crippen LogP contribution in [0.25, 0.3) is 0 Å². The molecule has 0 aliphatic carbocycles. The van der Waals surface area contributed by atoms with Crippen molar-refractivity contribution in [1.29, 1.82) is 0 Å². The van der Waals surface area contributed by atoms with Gasteiger partial charge in [-0.3, -0.25) is 19.2 Å². The number of aliphatic carboxylic acids is 1. The maximum Gasteiger partial charge on any atom is 0.344 e. The van der Waals surface area contributed by atoms with Crippen LogP contribution in [0.15, 0.2) is 60.7 Å². The molecule has 0 bridgehead atoms. The van der Waals surface area contributed by atoms with Gasteiger partial charge in [-0.05, 0) is 81.9 Å². The number of carbonyl (C=O) groups is 8. The Bertz CT molecular complexity index is 2000. The second-order valence-electron chi connectivity index (χ2n) is 18.6. The summed E-state index contributed by atoms with van der Waals surface area (Å²) in [4.78, 5) is 113. The van der Waals surface area contributed by atoms with Gasteiger partial charge >= 0.3 is 29.8 Å². The molecule has 0 aromatic heterocycles. The summed E-state index contributed by atoms with van der Waals surface area (Å²) >= 11 is 0. The Hall–Kier alpha value is -5.84. The van der Waals surface area contributed by atoms with Gasteiger partial charge in [-0.1, -0.05) is 109 Å². The number of carbonyl (C=O) groups excluding carboxylic acids is 7. The van der Waals surface area contributed by atoms with E-state index in [2.05, 4.69) is 5.32 Å². The fraction of sp³-hybridized carbons (Fsp3) is 0.608. The van der Waals surface area contributed by atoms with Gasteiger partial charge in [0.25, 0.3) is 17.7 Å². The minimum atomic E-state index is -1.45. The Morgan fingerprint density at radius 1 is 0.662 bits per heavy atom. The molecule has 2 aromatic carbocycles. The van der Waals surface area contributed by atoms with E-state index in [1.54, 1.807) is 61.6 Å². The van der Waals surface area contributed by atoms with Gasteiger partial charge in [-0.2, -0.15) is 0 Å². The van der Waals surface area contributed by atoms with Crippen molar-refractivity contribution in [2.45, 2.75) is 155 Å². The molecule has 0 saturated carbocycles. The van der Waals surface area contributed by atoms with Crippen LogP contribution < -0.4 is 5.32 Å². The normalized spacial score (nSPS) is 17.3. The van der Waals surface area contributed by atoms with Crippen LogP contribution in [0.1, 0.15) is 105 Å². The lowest BCUT2D eigenvalue weighted by Gasteiger charge is -2.37. The highest BCUT2D eigenvalue weighted by Crippen LogP contribution is 2.25. The van der Waals surface area contributed by atoms with Crippen molar-refractivity contribution >= 4 is 47.6 Å². The molecule has 68 heavy (non-hydrogen) atoms. The van der Waals surface area contributed by atoms with E-state index in [4.69, 9.17) is 18.9 Å². The molecule has 2 N–H and O–H groups in total. The number of nitrogens with one attached hydrogen (secondary N) is 1. The minimum absolute atomic E-state index is 0.0399. The number of likely N-dealkylation sites (tertiary alicyclic amines) is 1. The summed E-state index contributed by atoms with van der Waals surface area (Å²) in [6, 6.07) is 13.6. The first-order chi connectivity index (χ1) is 32.1. The smallest absolute Gasteiger partial charge is 0.344 e. The Labute approximate surface area is 401 Å². The summed E-state index contributed by atoms with van der Waals surface area (Å²) in [6.45, 7) is 13.9. The largest absolute Gasteiger partial charge is 0.479 e. The first kappa shape index (κ1) is 56.5.